The fourth-order valence-electron chi connectivity index (χ4n) is 1.66. The molecule has 4 atom stereocenters. The molecule has 1 aliphatic heterocycles. The van der Waals surface area contributed by atoms with Gasteiger partial charge < -0.3 is 24.4 Å². The number of esters is 2. The highest BCUT2D eigenvalue weighted by molar-refractivity contribution is 5.67. The second-order valence-corrected chi connectivity index (χ2v) is 3.77. The molecule has 0 spiro atoms. The van der Waals surface area contributed by atoms with E-state index in [-0.39, 0.29) is 6.61 Å². The average molecular weight is 248 g/mol. The van der Waals surface area contributed by atoms with Gasteiger partial charge in [-0.05, 0) is 0 Å². The van der Waals surface area contributed by atoms with Crippen LogP contribution in [0.2, 0.25) is 0 Å². The van der Waals surface area contributed by atoms with Crippen molar-refractivity contribution in [1.82, 2.24) is 0 Å². The molecule has 1 saturated heterocycles. The van der Waals surface area contributed by atoms with Crippen LogP contribution in [0, 0.1) is 0 Å². The highest BCUT2D eigenvalue weighted by atomic mass is 16.6. The van der Waals surface area contributed by atoms with E-state index < -0.39 is 43.0 Å². The molecule has 7 heteroatoms. The van der Waals surface area contributed by atoms with Crippen molar-refractivity contribution < 1.29 is 34.0 Å². The topological polar surface area (TPSA) is 102 Å². The van der Waals surface area contributed by atoms with Gasteiger partial charge >= 0.3 is 11.9 Å². The second-order valence-electron chi connectivity index (χ2n) is 3.77. The lowest BCUT2D eigenvalue weighted by Gasteiger charge is -2.38. The molecule has 4 unspecified atom stereocenters. The molecule has 0 aromatic rings. The predicted molar refractivity (Wildman–Crippen MR) is 53.9 cm³/mol. The molecule has 1 fully saturated rings. The Morgan fingerprint density at radius 3 is 2.35 bits per heavy atom. The zero-order valence-corrected chi connectivity index (χ0v) is 9.66. The van der Waals surface area contributed by atoms with E-state index in [1.54, 1.807) is 0 Å². The first-order valence-electron chi connectivity index (χ1n) is 5.20. The quantitative estimate of drug-likeness (QED) is 0.592. The molecule has 0 amide bonds. The largest absolute Gasteiger partial charge is 0.456 e. The number of rotatable bonds is 3. The van der Waals surface area contributed by atoms with Crippen molar-refractivity contribution in [2.24, 2.45) is 0 Å². The van der Waals surface area contributed by atoms with Crippen molar-refractivity contribution in [2.45, 2.75) is 38.3 Å². The van der Waals surface area contributed by atoms with E-state index in [1.165, 1.54) is 13.8 Å². The summed E-state index contributed by atoms with van der Waals surface area (Å²) in [4.78, 5) is 21.8. The van der Waals surface area contributed by atoms with Gasteiger partial charge in [0, 0.05) is 13.8 Å². The van der Waals surface area contributed by atoms with Crippen molar-refractivity contribution in [1.29, 1.82) is 0 Å². The molecule has 98 valence electrons. The molecule has 0 aromatic carbocycles. The summed E-state index contributed by atoms with van der Waals surface area (Å²) in [5.41, 5.74) is 0. The summed E-state index contributed by atoms with van der Waals surface area (Å²) in [5.74, 6) is -1.17. The molecule has 0 radical (unpaired) electrons. The van der Waals surface area contributed by atoms with Gasteiger partial charge in [-0.25, -0.2) is 0 Å². The van der Waals surface area contributed by atoms with E-state index in [9.17, 15) is 14.7 Å². The minimum Gasteiger partial charge on any atom is -0.456 e. The Kier molecular flexibility index (Phi) is 4.86. The first-order valence-corrected chi connectivity index (χ1v) is 5.20. The van der Waals surface area contributed by atoms with E-state index in [0.29, 0.717) is 0 Å². The lowest BCUT2D eigenvalue weighted by atomic mass is 10.00. The molecule has 0 saturated carbocycles. The lowest BCUT2D eigenvalue weighted by Crippen LogP contribution is -2.56. The Hall–Kier alpha value is -1.18. The van der Waals surface area contributed by atoms with Crippen LogP contribution in [0.4, 0.5) is 0 Å². The summed E-state index contributed by atoms with van der Waals surface area (Å²) in [5, 5.41) is 18.8. The molecule has 7 nitrogen and oxygen atoms in total. The number of ether oxygens (including phenoxy) is 3. The van der Waals surface area contributed by atoms with Crippen LogP contribution < -0.4 is 0 Å². The molecule has 1 aliphatic rings. The molecule has 0 aliphatic carbocycles. The van der Waals surface area contributed by atoms with Gasteiger partial charge in [-0.15, -0.1) is 0 Å². The highest BCUT2D eigenvalue weighted by Gasteiger charge is 2.43. The fourth-order valence-corrected chi connectivity index (χ4v) is 1.66. The highest BCUT2D eigenvalue weighted by Crippen LogP contribution is 2.21. The summed E-state index contributed by atoms with van der Waals surface area (Å²) in [7, 11) is 0. The van der Waals surface area contributed by atoms with Crippen LogP contribution in [0.3, 0.4) is 0 Å². The van der Waals surface area contributed by atoms with Crippen LogP contribution in [0.25, 0.3) is 0 Å². The summed E-state index contributed by atoms with van der Waals surface area (Å²) in [6.45, 7) is 1.93. The van der Waals surface area contributed by atoms with Crippen LogP contribution in [-0.4, -0.2) is 59.8 Å². The molecular weight excluding hydrogens is 232 g/mol. The number of carbonyl (C=O) groups excluding carboxylic acids is 2. The van der Waals surface area contributed by atoms with E-state index >= 15 is 0 Å². The minimum absolute atomic E-state index is 0.0419. The van der Waals surface area contributed by atoms with Gasteiger partial charge in [0.25, 0.3) is 0 Å². The maximum absolute atomic E-state index is 10.9. The number of carbonyl (C=O) groups is 2. The summed E-state index contributed by atoms with van der Waals surface area (Å²) in [6.07, 6.45) is -3.98. The van der Waals surface area contributed by atoms with E-state index in [4.69, 9.17) is 19.3 Å². The number of aliphatic hydroxyl groups is 2. The van der Waals surface area contributed by atoms with Crippen LogP contribution in [0.1, 0.15) is 13.8 Å². The third-order valence-corrected chi connectivity index (χ3v) is 2.36. The van der Waals surface area contributed by atoms with Crippen molar-refractivity contribution in [2.75, 3.05) is 13.2 Å². The van der Waals surface area contributed by atoms with Gasteiger partial charge in [0.1, 0.15) is 12.2 Å². The molecule has 1 heterocycles. The first kappa shape index (κ1) is 13.9. The van der Waals surface area contributed by atoms with Crippen LogP contribution in [0.15, 0.2) is 0 Å². The van der Waals surface area contributed by atoms with Crippen molar-refractivity contribution in [3.63, 3.8) is 0 Å². The average Bonchev–Trinajstić information content (AvgIpc) is 2.22. The molecule has 1 rings (SSSR count). The third-order valence-electron chi connectivity index (χ3n) is 2.36. The summed E-state index contributed by atoms with van der Waals surface area (Å²) < 4.78 is 14.9. The monoisotopic (exact) mass is 248 g/mol. The van der Waals surface area contributed by atoms with E-state index in [2.05, 4.69) is 0 Å². The van der Waals surface area contributed by atoms with Gasteiger partial charge in [0.05, 0.1) is 13.2 Å². The predicted octanol–water partition coefficient (Wildman–Crippen LogP) is -1.40. The Bertz CT molecular complexity index is 290. The maximum atomic E-state index is 10.9. The Morgan fingerprint density at radius 1 is 1.29 bits per heavy atom. The van der Waals surface area contributed by atoms with E-state index in [1.807, 2.05) is 0 Å². The maximum Gasteiger partial charge on any atom is 0.303 e. The van der Waals surface area contributed by atoms with Gasteiger partial charge in [0.15, 0.2) is 12.2 Å². The number of aliphatic hydroxyl groups excluding tert-OH is 2. The molecular formula is C10H16O7. The zero-order valence-electron chi connectivity index (χ0n) is 9.66. The SMILES string of the molecule is CC(=O)OC1COC(CO)C(O)C1OC(C)=O. The van der Waals surface area contributed by atoms with Crippen LogP contribution in [-0.2, 0) is 23.8 Å². The minimum atomic E-state index is -1.23. The van der Waals surface area contributed by atoms with Gasteiger partial charge in [-0.2, -0.15) is 0 Å². The smallest absolute Gasteiger partial charge is 0.303 e. The molecule has 17 heavy (non-hydrogen) atoms. The van der Waals surface area contributed by atoms with Crippen molar-refractivity contribution in [3.8, 4) is 0 Å². The van der Waals surface area contributed by atoms with Gasteiger partial charge in [-0.3, -0.25) is 9.59 Å². The molecule has 2 N–H and O–H groups in total. The van der Waals surface area contributed by atoms with E-state index in [0.717, 1.165) is 0 Å². The molecule has 0 aromatic heterocycles. The second kappa shape index (κ2) is 5.95. The van der Waals surface area contributed by atoms with Crippen molar-refractivity contribution >= 4 is 11.9 Å². The number of hydrogen-bond donors (Lipinski definition) is 2. The summed E-state index contributed by atoms with van der Waals surface area (Å²) >= 11 is 0. The van der Waals surface area contributed by atoms with Crippen LogP contribution in [0.5, 0.6) is 0 Å². The molecule has 0 bridgehead atoms. The number of hydrogen-bond acceptors (Lipinski definition) is 7. The summed E-state index contributed by atoms with van der Waals surface area (Å²) in [6, 6.07) is 0. The van der Waals surface area contributed by atoms with Crippen molar-refractivity contribution in [3.05, 3.63) is 0 Å². The van der Waals surface area contributed by atoms with Gasteiger partial charge in [0.2, 0.25) is 0 Å². The Labute approximate surface area is 98.3 Å². The standard InChI is InChI=1S/C10H16O7/c1-5(12)16-8-4-15-7(3-11)9(14)10(8)17-6(2)13/h7-11,14H,3-4H2,1-2H3. The zero-order chi connectivity index (χ0) is 13.0. The Balaban J connectivity index is 2.75. The first-order chi connectivity index (χ1) is 7.95. The fraction of sp³-hybridized carbons (Fsp3) is 0.800. The van der Waals surface area contributed by atoms with Crippen LogP contribution >= 0.6 is 0 Å². The lowest BCUT2D eigenvalue weighted by molar-refractivity contribution is -0.221. The normalized spacial score (nSPS) is 32.9. The Morgan fingerprint density at radius 2 is 1.88 bits per heavy atom. The third kappa shape index (κ3) is 3.65. The van der Waals surface area contributed by atoms with Gasteiger partial charge in [-0.1, -0.05) is 0 Å².